The first-order chi connectivity index (χ1) is 15.2. The van der Waals surface area contributed by atoms with Gasteiger partial charge in [-0.15, -0.1) is 0 Å². The van der Waals surface area contributed by atoms with Gasteiger partial charge in [0.05, 0.1) is 12.4 Å². The van der Waals surface area contributed by atoms with Crippen molar-refractivity contribution in [3.63, 3.8) is 0 Å². The first kappa shape index (κ1) is 24.1. The van der Waals surface area contributed by atoms with Crippen molar-refractivity contribution in [2.24, 2.45) is 10.7 Å². The number of carbonyl (C=O) groups is 1. The van der Waals surface area contributed by atoms with Crippen molar-refractivity contribution in [1.29, 1.82) is 0 Å². The van der Waals surface area contributed by atoms with E-state index in [-0.39, 0.29) is 23.2 Å². The molecule has 3 N–H and O–H groups in total. The Morgan fingerprint density at radius 2 is 2.00 bits per heavy atom. The molecule has 0 bridgehead atoms. The van der Waals surface area contributed by atoms with Crippen LogP contribution in [-0.2, 0) is 15.6 Å². The molecule has 0 aromatic carbocycles. The lowest BCUT2D eigenvalue weighted by Gasteiger charge is -2.33. The van der Waals surface area contributed by atoms with Gasteiger partial charge in [-0.2, -0.15) is 13.2 Å². The number of alkyl halides is 3. The fraction of sp³-hybridized carbons (Fsp3) is 0.353. The van der Waals surface area contributed by atoms with E-state index >= 15 is 0 Å². The summed E-state index contributed by atoms with van der Waals surface area (Å²) >= 11 is 0. The summed E-state index contributed by atoms with van der Waals surface area (Å²) in [4.78, 5) is 27.6. The van der Waals surface area contributed by atoms with E-state index in [0.717, 1.165) is 28.8 Å². The summed E-state index contributed by atoms with van der Waals surface area (Å²) in [6.45, 7) is -0.251. The number of ether oxygens (including phenoxy) is 1. The molecule has 0 aliphatic carbocycles. The zero-order valence-electron chi connectivity index (χ0n) is 17.1. The average Bonchev–Trinajstić information content (AvgIpc) is 2.71. The number of amides is 1. The molecule has 1 atom stereocenters. The van der Waals surface area contributed by atoms with E-state index < -0.39 is 51.7 Å². The van der Waals surface area contributed by atoms with Crippen molar-refractivity contribution in [2.45, 2.75) is 18.6 Å². The number of pyridine rings is 1. The third-order valence-electron chi connectivity index (χ3n) is 4.41. The number of hydrogen-bond donors (Lipinski definition) is 2. The van der Waals surface area contributed by atoms with Gasteiger partial charge in [-0.3, -0.25) is 4.79 Å². The number of nitrogens with zero attached hydrogens (tertiary/aromatic N) is 5. The van der Waals surface area contributed by atoms with Crippen LogP contribution in [0.4, 0.5) is 23.4 Å². The van der Waals surface area contributed by atoms with Gasteiger partial charge >= 0.3 is 6.18 Å². The molecule has 1 aliphatic rings. The van der Waals surface area contributed by atoms with E-state index in [1.807, 2.05) is 0 Å². The molecule has 2 aromatic heterocycles. The summed E-state index contributed by atoms with van der Waals surface area (Å²) in [6, 6.07) is 2.07. The number of rotatable bonds is 5. The van der Waals surface area contributed by atoms with Crippen LogP contribution < -0.4 is 15.8 Å². The van der Waals surface area contributed by atoms with Crippen LogP contribution in [-0.4, -0.2) is 65.1 Å². The number of anilines is 1. The Morgan fingerprint density at radius 1 is 1.30 bits per heavy atom. The molecule has 33 heavy (non-hydrogen) atoms. The lowest BCUT2D eigenvalue weighted by molar-refractivity contribution is -0.154. The lowest BCUT2D eigenvalue weighted by Crippen LogP contribution is -2.50. The lowest BCUT2D eigenvalue weighted by atomic mass is 10.00. The van der Waals surface area contributed by atoms with Gasteiger partial charge in [-0.05, 0) is 19.1 Å². The van der Waals surface area contributed by atoms with Crippen LogP contribution in [0.25, 0.3) is 0 Å². The summed E-state index contributed by atoms with van der Waals surface area (Å²) in [5.74, 6) is -3.33. The van der Waals surface area contributed by atoms with Crippen LogP contribution in [0.3, 0.4) is 0 Å². The molecular formula is C17H17F4N7O4S. The van der Waals surface area contributed by atoms with Crippen molar-refractivity contribution < 1.29 is 35.5 Å². The Labute approximate surface area is 184 Å². The maximum atomic E-state index is 14.5. The van der Waals surface area contributed by atoms with Crippen LogP contribution in [0.1, 0.15) is 23.1 Å². The molecule has 1 aliphatic heterocycles. The van der Waals surface area contributed by atoms with Crippen molar-refractivity contribution in [1.82, 2.24) is 19.3 Å². The predicted octanol–water partition coefficient (Wildman–Crippen LogP) is 1.01. The van der Waals surface area contributed by atoms with Crippen molar-refractivity contribution in [3.05, 3.63) is 41.7 Å². The molecular weight excluding hydrogens is 474 g/mol. The molecule has 178 valence electrons. The molecule has 0 fully saturated rings. The second kappa shape index (κ2) is 8.42. The van der Waals surface area contributed by atoms with Crippen LogP contribution in [0.15, 0.2) is 29.5 Å². The highest BCUT2D eigenvalue weighted by Gasteiger charge is 2.43. The summed E-state index contributed by atoms with van der Waals surface area (Å²) in [7, 11) is -2.69. The number of aliphatic imine (C=N–C) groups is 1. The molecule has 1 amide bonds. The third kappa shape index (κ3) is 5.44. The molecule has 0 radical (unpaired) electrons. The smallest absolute Gasteiger partial charge is 0.422 e. The molecule has 0 unspecified atom stereocenters. The number of sulfonamides is 1. The monoisotopic (exact) mass is 491 g/mol. The Balaban J connectivity index is 1.81. The van der Waals surface area contributed by atoms with Crippen LogP contribution in [0, 0.1) is 5.82 Å². The Hall–Kier alpha value is -3.56. The Kier molecular flexibility index (Phi) is 6.14. The fourth-order valence-corrected chi connectivity index (χ4v) is 4.24. The van der Waals surface area contributed by atoms with Crippen LogP contribution in [0.5, 0.6) is 5.88 Å². The minimum Gasteiger partial charge on any atom is -0.467 e. The standard InChI is InChI=1S/C17H17F4N7O4S/c1-16(8-33(30,31)28(2)15(22)27-16)13-9(18)3-4-11(25-13)26-14(29)10-5-24-12(6-23-10)32-7-17(19,20)21/h3-6H,7-8H2,1-2H3,(H2,22,27)(H,25,26,29)/t16-/m0/s1. The van der Waals surface area contributed by atoms with E-state index in [4.69, 9.17) is 5.73 Å². The number of aromatic nitrogens is 3. The number of carbonyl (C=O) groups excluding carboxylic acids is 1. The highest BCUT2D eigenvalue weighted by Crippen LogP contribution is 2.32. The molecule has 0 saturated carbocycles. The number of guanidine groups is 1. The highest BCUT2D eigenvalue weighted by molar-refractivity contribution is 7.89. The normalized spacial score (nSPS) is 20.2. The first-order valence-corrected chi connectivity index (χ1v) is 10.6. The topological polar surface area (TPSA) is 153 Å². The highest BCUT2D eigenvalue weighted by atomic mass is 32.2. The first-order valence-electron chi connectivity index (χ1n) is 9.02. The summed E-state index contributed by atoms with van der Waals surface area (Å²) in [5.41, 5.74) is 3.32. The molecule has 16 heteroatoms. The Bertz CT molecular complexity index is 1200. The predicted molar refractivity (Wildman–Crippen MR) is 106 cm³/mol. The zero-order valence-corrected chi connectivity index (χ0v) is 17.9. The van der Waals surface area contributed by atoms with Crippen molar-refractivity contribution >= 4 is 27.7 Å². The quantitative estimate of drug-likeness (QED) is 0.588. The van der Waals surface area contributed by atoms with Crippen molar-refractivity contribution in [3.8, 4) is 5.88 Å². The van der Waals surface area contributed by atoms with E-state index in [2.05, 4.69) is 30.0 Å². The van der Waals surface area contributed by atoms with E-state index in [1.54, 1.807) is 0 Å². The number of halogens is 4. The maximum Gasteiger partial charge on any atom is 0.422 e. The van der Waals surface area contributed by atoms with Gasteiger partial charge in [0, 0.05) is 7.05 Å². The number of hydrogen-bond acceptors (Lipinski definition) is 9. The van der Waals surface area contributed by atoms with Gasteiger partial charge in [-0.1, -0.05) is 0 Å². The Morgan fingerprint density at radius 3 is 2.58 bits per heavy atom. The largest absolute Gasteiger partial charge is 0.467 e. The number of nitrogens with one attached hydrogen (secondary N) is 1. The molecule has 2 aromatic rings. The molecule has 3 heterocycles. The average molecular weight is 491 g/mol. The van der Waals surface area contributed by atoms with Crippen LogP contribution >= 0.6 is 0 Å². The minimum absolute atomic E-state index is 0.165. The molecule has 0 spiro atoms. The molecule has 11 nitrogen and oxygen atoms in total. The second-order valence-corrected chi connectivity index (χ2v) is 9.09. The van der Waals surface area contributed by atoms with Gasteiger partial charge in [0.15, 0.2) is 6.61 Å². The fourth-order valence-electron chi connectivity index (χ4n) is 2.80. The summed E-state index contributed by atoms with van der Waals surface area (Å²) in [5, 5.41) is 2.32. The molecule has 0 saturated heterocycles. The van der Waals surface area contributed by atoms with E-state index in [9.17, 15) is 30.8 Å². The van der Waals surface area contributed by atoms with E-state index in [1.165, 1.54) is 14.0 Å². The SMILES string of the molecule is CN1C(N)=N[C@](C)(c2nc(NC(=O)c3cnc(OCC(F)(F)F)cn3)ccc2F)CS1(=O)=O. The summed E-state index contributed by atoms with van der Waals surface area (Å²) in [6.07, 6.45) is -2.87. The van der Waals surface area contributed by atoms with Crippen molar-refractivity contribution in [2.75, 3.05) is 24.7 Å². The summed E-state index contributed by atoms with van der Waals surface area (Å²) < 4.78 is 80.9. The zero-order chi connectivity index (χ0) is 24.6. The maximum absolute atomic E-state index is 14.5. The van der Waals surface area contributed by atoms with Gasteiger partial charge in [-0.25, -0.2) is 37.1 Å². The second-order valence-electron chi connectivity index (χ2n) is 7.09. The van der Waals surface area contributed by atoms with Gasteiger partial charge in [0.1, 0.15) is 34.3 Å². The van der Waals surface area contributed by atoms with Crippen LogP contribution in [0.2, 0.25) is 0 Å². The third-order valence-corrected chi connectivity index (χ3v) is 6.36. The van der Waals surface area contributed by atoms with Gasteiger partial charge in [0.2, 0.25) is 21.9 Å². The number of nitrogens with two attached hydrogens (primary N) is 1. The molecule has 3 rings (SSSR count). The van der Waals surface area contributed by atoms with Gasteiger partial charge in [0.25, 0.3) is 5.91 Å². The van der Waals surface area contributed by atoms with Gasteiger partial charge < -0.3 is 15.8 Å². The van der Waals surface area contributed by atoms with E-state index in [0.29, 0.717) is 0 Å². The minimum atomic E-state index is -4.57.